The van der Waals surface area contributed by atoms with Crippen LogP contribution in [0.1, 0.15) is 26.3 Å². The van der Waals surface area contributed by atoms with Gasteiger partial charge in [0.15, 0.2) is 0 Å². The van der Waals surface area contributed by atoms with Crippen molar-refractivity contribution in [1.29, 1.82) is 0 Å². The third kappa shape index (κ3) is 4.10. The van der Waals surface area contributed by atoms with Crippen LogP contribution in [0, 0.1) is 6.92 Å². The minimum atomic E-state index is -3.73. The van der Waals surface area contributed by atoms with E-state index < -0.39 is 15.8 Å². The Balaban J connectivity index is 1.54. The highest BCUT2D eigenvalue weighted by molar-refractivity contribution is 7.92. The highest BCUT2D eigenvalue weighted by Gasteiger charge is 2.31. The topological polar surface area (TPSA) is 92.3 Å². The average Bonchev–Trinajstić information content (AvgIpc) is 2.76. The zero-order chi connectivity index (χ0) is 22.2. The molecule has 2 N–H and O–H groups in total. The standard InChI is InChI=1S/C23H17ClN2O4S/c1-14-6-12-17(13-7-14)31(29,30)26-16-10-8-15(9-11-16)25-21-20(24)22(27)18-4-2-3-5-19(18)23(21)28/h2-13,25-26H,1H3. The Morgan fingerprint density at radius 1 is 0.742 bits per heavy atom. The summed E-state index contributed by atoms with van der Waals surface area (Å²) in [4.78, 5) is 25.4. The Hall–Kier alpha value is -3.42. The normalized spacial score (nSPS) is 13.7. The van der Waals surface area contributed by atoms with Gasteiger partial charge in [0.2, 0.25) is 11.6 Å². The summed E-state index contributed by atoms with van der Waals surface area (Å²) in [6.45, 7) is 1.88. The number of Topliss-reactive ketones (excluding diaryl/α,β-unsaturated/α-hetero) is 2. The summed E-state index contributed by atoms with van der Waals surface area (Å²) < 4.78 is 27.5. The number of carbonyl (C=O) groups is 2. The lowest BCUT2D eigenvalue weighted by molar-refractivity contribution is 0.0982. The van der Waals surface area contributed by atoms with Crippen LogP contribution in [-0.4, -0.2) is 20.0 Å². The van der Waals surface area contributed by atoms with Crippen molar-refractivity contribution in [3.63, 3.8) is 0 Å². The first-order chi connectivity index (χ1) is 14.8. The van der Waals surface area contributed by atoms with E-state index in [0.29, 0.717) is 11.4 Å². The molecule has 31 heavy (non-hydrogen) atoms. The minimum absolute atomic E-state index is 0.0154. The van der Waals surface area contributed by atoms with Gasteiger partial charge in [-0.3, -0.25) is 14.3 Å². The van der Waals surface area contributed by atoms with Gasteiger partial charge in [0.25, 0.3) is 10.0 Å². The summed E-state index contributed by atoms with van der Waals surface area (Å²) in [5.41, 5.74) is 2.32. The van der Waals surface area contributed by atoms with E-state index in [-0.39, 0.29) is 32.5 Å². The van der Waals surface area contributed by atoms with Crippen molar-refractivity contribution in [2.45, 2.75) is 11.8 Å². The van der Waals surface area contributed by atoms with Gasteiger partial charge in [0.1, 0.15) is 10.7 Å². The number of rotatable bonds is 5. The fourth-order valence-corrected chi connectivity index (χ4v) is 4.45. The number of aryl methyl sites for hydroxylation is 1. The molecule has 4 rings (SSSR count). The number of fused-ring (bicyclic) bond motifs is 1. The Bertz CT molecular complexity index is 1330. The summed E-state index contributed by atoms with van der Waals surface area (Å²) in [7, 11) is -3.73. The van der Waals surface area contributed by atoms with Crippen LogP contribution in [0.5, 0.6) is 0 Å². The van der Waals surface area contributed by atoms with E-state index in [9.17, 15) is 18.0 Å². The Labute approximate surface area is 184 Å². The molecule has 0 atom stereocenters. The fourth-order valence-electron chi connectivity index (χ4n) is 3.15. The maximum atomic E-state index is 12.8. The molecular formula is C23H17ClN2O4S. The lowest BCUT2D eigenvalue weighted by atomic mass is 9.92. The summed E-state index contributed by atoms with van der Waals surface area (Å²) in [6, 6.07) is 19.3. The molecular weight excluding hydrogens is 436 g/mol. The number of carbonyl (C=O) groups excluding carboxylic acids is 2. The van der Waals surface area contributed by atoms with Crippen LogP contribution < -0.4 is 10.0 Å². The van der Waals surface area contributed by atoms with Crippen molar-refractivity contribution >= 4 is 44.6 Å². The lowest BCUT2D eigenvalue weighted by Gasteiger charge is -2.19. The molecule has 0 fully saturated rings. The van der Waals surface area contributed by atoms with Gasteiger partial charge >= 0.3 is 0 Å². The van der Waals surface area contributed by atoms with E-state index in [1.807, 2.05) is 6.92 Å². The van der Waals surface area contributed by atoms with Crippen LogP contribution in [0.2, 0.25) is 0 Å². The summed E-state index contributed by atoms with van der Waals surface area (Å²) in [5.74, 6) is -0.814. The molecule has 0 unspecified atom stereocenters. The number of halogens is 1. The second kappa shape index (κ2) is 8.02. The molecule has 156 valence electrons. The predicted molar refractivity (Wildman–Crippen MR) is 120 cm³/mol. The molecule has 0 saturated carbocycles. The summed E-state index contributed by atoms with van der Waals surface area (Å²) in [5, 5.41) is 2.69. The molecule has 0 heterocycles. The number of hydrogen-bond donors (Lipinski definition) is 2. The van der Waals surface area contributed by atoms with E-state index in [2.05, 4.69) is 10.0 Å². The molecule has 8 heteroatoms. The average molecular weight is 453 g/mol. The third-order valence-electron chi connectivity index (χ3n) is 4.80. The van der Waals surface area contributed by atoms with Crippen molar-refractivity contribution in [1.82, 2.24) is 0 Å². The highest BCUT2D eigenvalue weighted by atomic mass is 35.5. The smallest absolute Gasteiger partial charge is 0.261 e. The molecule has 0 saturated heterocycles. The summed E-state index contributed by atoms with van der Waals surface area (Å²) in [6.07, 6.45) is 0. The molecule has 1 aliphatic carbocycles. The maximum absolute atomic E-state index is 12.8. The van der Waals surface area contributed by atoms with Gasteiger partial charge in [-0.1, -0.05) is 53.6 Å². The van der Waals surface area contributed by atoms with E-state index in [1.165, 1.54) is 12.1 Å². The van der Waals surface area contributed by atoms with Crippen LogP contribution in [0.4, 0.5) is 11.4 Å². The molecule has 0 radical (unpaired) electrons. The molecule has 0 bridgehead atoms. The van der Waals surface area contributed by atoms with Gasteiger partial charge in [-0.25, -0.2) is 8.42 Å². The van der Waals surface area contributed by atoms with Crippen LogP contribution >= 0.6 is 11.6 Å². The molecule has 0 aromatic heterocycles. The number of benzene rings is 3. The van der Waals surface area contributed by atoms with Gasteiger partial charge in [-0.05, 0) is 43.3 Å². The van der Waals surface area contributed by atoms with Crippen molar-refractivity contribution in [2.75, 3.05) is 10.0 Å². The van der Waals surface area contributed by atoms with Crippen molar-refractivity contribution < 1.29 is 18.0 Å². The molecule has 3 aromatic rings. The van der Waals surface area contributed by atoms with Crippen LogP contribution in [0.3, 0.4) is 0 Å². The first kappa shape index (κ1) is 20.8. The molecule has 0 amide bonds. The van der Waals surface area contributed by atoms with E-state index in [0.717, 1.165) is 5.56 Å². The highest BCUT2D eigenvalue weighted by Crippen LogP contribution is 2.29. The SMILES string of the molecule is Cc1ccc(S(=O)(=O)Nc2ccc(NC3=C(Cl)C(=O)c4ccccc4C3=O)cc2)cc1. The van der Waals surface area contributed by atoms with Crippen molar-refractivity contribution in [2.24, 2.45) is 0 Å². The summed E-state index contributed by atoms with van der Waals surface area (Å²) >= 11 is 6.16. The molecule has 0 aliphatic heterocycles. The number of sulfonamides is 1. The molecule has 3 aromatic carbocycles. The maximum Gasteiger partial charge on any atom is 0.261 e. The number of nitrogens with one attached hydrogen (secondary N) is 2. The lowest BCUT2D eigenvalue weighted by Crippen LogP contribution is -2.24. The second-order valence-corrected chi connectivity index (χ2v) is 9.07. The van der Waals surface area contributed by atoms with E-state index in [4.69, 9.17) is 11.6 Å². The fraction of sp³-hybridized carbons (Fsp3) is 0.0435. The number of ketones is 2. The van der Waals surface area contributed by atoms with Gasteiger partial charge in [-0.2, -0.15) is 0 Å². The zero-order valence-corrected chi connectivity index (χ0v) is 17.9. The van der Waals surface area contributed by atoms with Gasteiger partial charge < -0.3 is 5.32 Å². The zero-order valence-electron chi connectivity index (χ0n) is 16.3. The first-order valence-electron chi connectivity index (χ1n) is 9.31. The third-order valence-corrected chi connectivity index (χ3v) is 6.56. The number of allylic oxidation sites excluding steroid dienone is 2. The quantitative estimate of drug-likeness (QED) is 0.583. The van der Waals surface area contributed by atoms with Crippen molar-refractivity contribution in [3.05, 3.63) is 100 Å². The van der Waals surface area contributed by atoms with Gasteiger partial charge in [0, 0.05) is 22.5 Å². The number of hydrogen-bond acceptors (Lipinski definition) is 5. The number of anilines is 2. The first-order valence-corrected chi connectivity index (χ1v) is 11.2. The molecule has 6 nitrogen and oxygen atoms in total. The van der Waals surface area contributed by atoms with Gasteiger partial charge in [-0.15, -0.1) is 0 Å². The Morgan fingerprint density at radius 2 is 1.29 bits per heavy atom. The van der Waals surface area contributed by atoms with E-state index in [1.54, 1.807) is 60.7 Å². The predicted octanol–water partition coefficient (Wildman–Crippen LogP) is 4.74. The molecule has 0 spiro atoms. The van der Waals surface area contributed by atoms with Crippen LogP contribution in [0.25, 0.3) is 0 Å². The Kier molecular flexibility index (Phi) is 5.39. The minimum Gasteiger partial charge on any atom is -0.351 e. The second-order valence-electron chi connectivity index (χ2n) is 7.01. The van der Waals surface area contributed by atoms with E-state index >= 15 is 0 Å². The van der Waals surface area contributed by atoms with Crippen LogP contribution in [-0.2, 0) is 10.0 Å². The van der Waals surface area contributed by atoms with Crippen LogP contribution in [0.15, 0.2) is 88.4 Å². The largest absolute Gasteiger partial charge is 0.351 e. The monoisotopic (exact) mass is 452 g/mol. The van der Waals surface area contributed by atoms with Crippen molar-refractivity contribution in [3.8, 4) is 0 Å². The molecule has 1 aliphatic rings. The van der Waals surface area contributed by atoms with Gasteiger partial charge in [0.05, 0.1) is 4.90 Å². The Morgan fingerprint density at radius 3 is 1.90 bits per heavy atom.